The number of hydrogen-bond donors (Lipinski definition) is 4. The Balaban J connectivity index is 0.000000188. The number of hydrogen-bond acceptors (Lipinski definition) is 6. The van der Waals surface area contributed by atoms with Crippen LogP contribution >= 0.6 is 46.4 Å². The van der Waals surface area contributed by atoms with Gasteiger partial charge in [0, 0.05) is 15.4 Å². The largest absolute Gasteiger partial charge is 0.508 e. The van der Waals surface area contributed by atoms with Crippen molar-refractivity contribution in [3.05, 3.63) is 117 Å². The summed E-state index contributed by atoms with van der Waals surface area (Å²) in [7, 11) is 2.99. The third-order valence-electron chi connectivity index (χ3n) is 4.98. The number of aromatic hydroxyl groups is 4. The SMILES string of the molecule is COc1cccc(OC)c1O.Oc1c(Cl)cc(Cl)cc1Cl.Oc1ccc(Cl)cc1.Oc1cccc2ccccc12. The van der Waals surface area contributed by atoms with Crippen molar-refractivity contribution in [3.63, 3.8) is 0 Å². The molecule has 6 nitrogen and oxygen atoms in total. The first-order valence-corrected chi connectivity index (χ1v) is 12.9. The lowest BCUT2D eigenvalue weighted by Gasteiger charge is -2.06. The van der Waals surface area contributed by atoms with Crippen LogP contribution in [0.5, 0.6) is 34.5 Å². The average Bonchev–Trinajstić information content (AvgIpc) is 2.95. The van der Waals surface area contributed by atoms with Crippen LogP contribution in [0.3, 0.4) is 0 Å². The number of benzene rings is 5. The molecule has 0 aliphatic rings. The first-order valence-electron chi connectivity index (χ1n) is 11.4. The zero-order valence-corrected chi connectivity index (χ0v) is 24.4. The summed E-state index contributed by atoms with van der Waals surface area (Å²) in [6, 6.07) is 27.6. The van der Waals surface area contributed by atoms with E-state index in [1.165, 1.54) is 26.4 Å². The number of ether oxygens (including phenoxy) is 2. The molecule has 0 spiro atoms. The summed E-state index contributed by atoms with van der Waals surface area (Å²) >= 11 is 22.0. The Morgan fingerprint density at radius 3 is 1.52 bits per heavy atom. The van der Waals surface area contributed by atoms with Gasteiger partial charge >= 0.3 is 0 Å². The molecule has 0 saturated carbocycles. The standard InChI is InChI=1S/C10H8O.C8H10O3.C6H3Cl3O.C6H5ClO/c11-10-7-3-5-8-4-1-2-6-9(8)10;1-10-6-4-3-5-7(11-2)8(6)9;7-3-1-4(8)6(10)5(9)2-3;7-5-1-3-6(8)4-2-5/h1-7,11H;3-5,9H,1-2H3;1-2,10H;1-4,8H. The normalized spacial score (nSPS) is 9.65. The minimum absolute atomic E-state index is 0.0394. The van der Waals surface area contributed by atoms with E-state index >= 15 is 0 Å². The summed E-state index contributed by atoms with van der Waals surface area (Å²) in [6.45, 7) is 0. The molecule has 0 aromatic heterocycles. The van der Waals surface area contributed by atoms with E-state index < -0.39 is 0 Å². The van der Waals surface area contributed by atoms with Crippen LogP contribution in [0, 0.1) is 0 Å². The van der Waals surface area contributed by atoms with Crippen molar-refractivity contribution in [2.24, 2.45) is 0 Å². The molecule has 10 heteroatoms. The van der Waals surface area contributed by atoms with Gasteiger partial charge in [-0.3, -0.25) is 0 Å². The second-order valence-corrected chi connectivity index (χ2v) is 9.39. The maximum atomic E-state index is 9.37. The highest BCUT2D eigenvalue weighted by Crippen LogP contribution is 2.35. The molecule has 0 unspecified atom stereocenters. The molecule has 5 aromatic rings. The van der Waals surface area contributed by atoms with Crippen molar-refractivity contribution < 1.29 is 29.9 Å². The Morgan fingerprint density at radius 1 is 0.525 bits per heavy atom. The highest BCUT2D eigenvalue weighted by molar-refractivity contribution is 6.40. The molecule has 0 saturated heterocycles. The molecule has 210 valence electrons. The van der Waals surface area contributed by atoms with E-state index in [9.17, 15) is 10.2 Å². The minimum Gasteiger partial charge on any atom is -0.508 e. The Hall–Kier alpha value is -3.68. The summed E-state index contributed by atoms with van der Waals surface area (Å²) in [5, 5.41) is 39.8. The Labute approximate surface area is 252 Å². The number of rotatable bonds is 2. The van der Waals surface area contributed by atoms with Gasteiger partial charge in [-0.25, -0.2) is 0 Å². The molecular weight excluding hydrogens is 598 g/mol. The molecule has 0 radical (unpaired) electrons. The molecule has 0 aliphatic heterocycles. The van der Waals surface area contributed by atoms with E-state index in [0.29, 0.717) is 27.3 Å². The van der Waals surface area contributed by atoms with Gasteiger partial charge < -0.3 is 29.9 Å². The average molecular weight is 624 g/mol. The van der Waals surface area contributed by atoms with Gasteiger partial charge in [-0.05, 0) is 60.0 Å². The van der Waals surface area contributed by atoms with Crippen LogP contribution in [0.4, 0.5) is 0 Å². The molecule has 0 fully saturated rings. The molecule has 0 bridgehead atoms. The lowest BCUT2D eigenvalue weighted by molar-refractivity contribution is 0.340. The van der Waals surface area contributed by atoms with Gasteiger partial charge in [0.05, 0.1) is 24.3 Å². The Kier molecular flexibility index (Phi) is 13.4. The summed E-state index contributed by atoms with van der Waals surface area (Å²) < 4.78 is 9.71. The Morgan fingerprint density at radius 2 is 1.02 bits per heavy atom. The van der Waals surface area contributed by atoms with Crippen LogP contribution in [0.15, 0.2) is 97.1 Å². The fourth-order valence-electron chi connectivity index (χ4n) is 3.02. The molecule has 0 atom stereocenters. The first kappa shape index (κ1) is 32.5. The topological polar surface area (TPSA) is 99.4 Å². The van der Waals surface area contributed by atoms with Crippen molar-refractivity contribution in [2.45, 2.75) is 0 Å². The molecule has 0 amide bonds. The van der Waals surface area contributed by atoms with E-state index in [4.69, 9.17) is 66.1 Å². The molecule has 0 heterocycles. The number of methoxy groups -OCH3 is 2. The van der Waals surface area contributed by atoms with Gasteiger partial charge in [0.15, 0.2) is 17.2 Å². The van der Waals surface area contributed by atoms with Crippen LogP contribution in [0.1, 0.15) is 0 Å². The highest BCUT2D eigenvalue weighted by atomic mass is 35.5. The van der Waals surface area contributed by atoms with Crippen molar-refractivity contribution in [1.82, 2.24) is 0 Å². The number of phenolic OH excluding ortho intramolecular Hbond substituents is 4. The zero-order valence-electron chi connectivity index (χ0n) is 21.4. The lowest BCUT2D eigenvalue weighted by atomic mass is 10.1. The van der Waals surface area contributed by atoms with Crippen molar-refractivity contribution in [2.75, 3.05) is 14.2 Å². The van der Waals surface area contributed by atoms with Gasteiger partial charge in [0.25, 0.3) is 0 Å². The fourth-order valence-corrected chi connectivity index (χ4v) is 3.96. The third-order valence-corrected chi connectivity index (χ3v) is 6.02. The smallest absolute Gasteiger partial charge is 0.200 e. The molecule has 5 aromatic carbocycles. The van der Waals surface area contributed by atoms with Crippen molar-refractivity contribution in [1.29, 1.82) is 0 Å². The third kappa shape index (κ3) is 10.1. The van der Waals surface area contributed by atoms with Crippen molar-refractivity contribution in [3.8, 4) is 34.5 Å². The van der Waals surface area contributed by atoms with E-state index in [1.54, 1.807) is 48.5 Å². The second-order valence-electron chi connectivity index (χ2n) is 7.70. The maximum Gasteiger partial charge on any atom is 0.200 e. The summed E-state index contributed by atoms with van der Waals surface area (Å²) in [4.78, 5) is 0. The number of phenols is 4. The van der Waals surface area contributed by atoms with Gasteiger partial charge in [-0.2, -0.15) is 0 Å². The maximum absolute atomic E-state index is 9.37. The Bertz CT molecular complexity index is 1440. The van der Waals surface area contributed by atoms with Crippen molar-refractivity contribution >= 4 is 57.2 Å². The van der Waals surface area contributed by atoms with Crippen LogP contribution in [-0.4, -0.2) is 34.6 Å². The molecule has 5 rings (SSSR count). The second kappa shape index (κ2) is 16.4. The van der Waals surface area contributed by atoms with Crippen LogP contribution in [0.25, 0.3) is 10.8 Å². The number of halogens is 4. The van der Waals surface area contributed by atoms with Gasteiger partial charge in [0.1, 0.15) is 11.5 Å². The van der Waals surface area contributed by atoms with Gasteiger partial charge in [-0.15, -0.1) is 0 Å². The van der Waals surface area contributed by atoms with E-state index in [1.807, 2.05) is 36.4 Å². The summed E-state index contributed by atoms with van der Waals surface area (Å²) in [5.41, 5.74) is 0. The van der Waals surface area contributed by atoms with Crippen LogP contribution in [-0.2, 0) is 0 Å². The molecular formula is C30H26Cl4O6. The molecule has 40 heavy (non-hydrogen) atoms. The van der Waals surface area contributed by atoms with Gasteiger partial charge in [-0.1, -0.05) is 88.9 Å². The van der Waals surface area contributed by atoms with Crippen LogP contribution in [0.2, 0.25) is 20.1 Å². The lowest BCUT2D eigenvalue weighted by Crippen LogP contribution is -1.87. The summed E-state index contributed by atoms with van der Waals surface area (Å²) in [5.74, 6) is 1.34. The predicted molar refractivity (Wildman–Crippen MR) is 163 cm³/mol. The van der Waals surface area contributed by atoms with Crippen LogP contribution < -0.4 is 9.47 Å². The number of para-hydroxylation sites is 1. The van der Waals surface area contributed by atoms with E-state index in [2.05, 4.69) is 0 Å². The fraction of sp³-hybridized carbons (Fsp3) is 0.0667. The highest BCUT2D eigenvalue weighted by Gasteiger charge is 2.06. The predicted octanol–water partition coefficient (Wildman–Crippen LogP) is 9.35. The first-order chi connectivity index (χ1) is 19.1. The monoisotopic (exact) mass is 622 g/mol. The zero-order chi connectivity index (χ0) is 29.7. The van der Waals surface area contributed by atoms with E-state index in [0.717, 1.165) is 10.8 Å². The quantitative estimate of drug-likeness (QED) is 0.156. The molecule has 4 N–H and O–H groups in total. The molecule has 0 aliphatic carbocycles. The number of fused-ring (bicyclic) bond motifs is 1. The summed E-state index contributed by atoms with van der Waals surface area (Å²) in [6.07, 6.45) is 0. The minimum atomic E-state index is -0.132. The van der Waals surface area contributed by atoms with E-state index in [-0.39, 0.29) is 27.3 Å². The van der Waals surface area contributed by atoms with Gasteiger partial charge in [0.2, 0.25) is 5.75 Å².